The van der Waals surface area contributed by atoms with Gasteiger partial charge in [-0.25, -0.2) is 13.1 Å². The van der Waals surface area contributed by atoms with Gasteiger partial charge in [0.2, 0.25) is 15.9 Å². The van der Waals surface area contributed by atoms with Crippen molar-refractivity contribution in [3.05, 3.63) is 35.9 Å². The fraction of sp³-hybridized carbons (Fsp3) is 0.632. The van der Waals surface area contributed by atoms with Crippen LogP contribution in [0, 0.1) is 0 Å². The molecule has 1 N–H and O–H groups in total. The molecule has 0 heterocycles. The van der Waals surface area contributed by atoms with E-state index in [0.29, 0.717) is 13.0 Å². The van der Waals surface area contributed by atoms with Crippen LogP contribution in [-0.4, -0.2) is 44.1 Å². The van der Waals surface area contributed by atoms with Gasteiger partial charge in [0.25, 0.3) is 0 Å². The largest absolute Gasteiger partial charge is 0.339 e. The first kappa shape index (κ1) is 19.9. The van der Waals surface area contributed by atoms with Crippen molar-refractivity contribution in [1.29, 1.82) is 0 Å². The monoisotopic (exact) mass is 366 g/mol. The lowest BCUT2D eigenvalue weighted by molar-refractivity contribution is -0.131. The zero-order valence-corrected chi connectivity index (χ0v) is 15.9. The van der Waals surface area contributed by atoms with Crippen molar-refractivity contribution in [2.24, 2.45) is 0 Å². The number of carbonyl (C=O) groups excluding carboxylic acids is 1. The third-order valence-electron chi connectivity index (χ3n) is 4.85. The molecular formula is C19H30N2O3S. The van der Waals surface area contributed by atoms with E-state index in [1.807, 2.05) is 35.2 Å². The molecule has 1 aromatic rings. The average molecular weight is 367 g/mol. The van der Waals surface area contributed by atoms with Crippen molar-refractivity contribution >= 4 is 15.9 Å². The molecule has 1 fully saturated rings. The van der Waals surface area contributed by atoms with E-state index in [0.717, 1.165) is 31.2 Å². The summed E-state index contributed by atoms with van der Waals surface area (Å²) in [4.78, 5) is 13.8. The Balaban J connectivity index is 1.80. The number of nitrogens with one attached hydrogen (secondary N) is 1. The Labute approximate surface area is 151 Å². The van der Waals surface area contributed by atoms with Gasteiger partial charge < -0.3 is 4.90 Å². The highest BCUT2D eigenvalue weighted by Gasteiger charge is 2.22. The quantitative estimate of drug-likeness (QED) is 0.720. The standard InChI is InChI=1S/C19H30N2O3S/c1-17(22)21(19-11-7-2-3-8-12-19)15-14-20-25(23,24)16-13-18-9-5-4-6-10-18/h4-6,9-10,19-20H,2-3,7-8,11-16H2,1H3. The number of amides is 1. The van der Waals surface area contributed by atoms with Crippen molar-refractivity contribution in [1.82, 2.24) is 9.62 Å². The van der Waals surface area contributed by atoms with E-state index in [1.54, 1.807) is 6.92 Å². The maximum absolute atomic E-state index is 12.2. The summed E-state index contributed by atoms with van der Waals surface area (Å²) < 4.78 is 27.0. The number of sulfonamides is 1. The SMILES string of the molecule is CC(=O)N(CCNS(=O)(=O)CCc1ccccc1)C1CCCCCC1. The predicted molar refractivity (Wildman–Crippen MR) is 101 cm³/mol. The van der Waals surface area contributed by atoms with Gasteiger partial charge in [-0.2, -0.15) is 0 Å². The molecule has 1 amide bonds. The molecule has 0 saturated heterocycles. The van der Waals surface area contributed by atoms with Gasteiger partial charge in [0.15, 0.2) is 0 Å². The number of rotatable bonds is 8. The van der Waals surface area contributed by atoms with E-state index in [-0.39, 0.29) is 24.2 Å². The number of hydrogen-bond acceptors (Lipinski definition) is 3. The molecule has 0 atom stereocenters. The molecule has 0 unspecified atom stereocenters. The molecule has 0 aromatic heterocycles. The molecule has 140 valence electrons. The number of benzene rings is 1. The van der Waals surface area contributed by atoms with E-state index in [2.05, 4.69) is 4.72 Å². The van der Waals surface area contributed by atoms with Crippen LogP contribution in [0.3, 0.4) is 0 Å². The number of nitrogens with zero attached hydrogens (tertiary/aromatic N) is 1. The first-order valence-electron chi connectivity index (χ1n) is 9.26. The predicted octanol–water partition coefficient (Wildman–Crippen LogP) is 2.72. The van der Waals surface area contributed by atoms with Gasteiger partial charge in [-0.15, -0.1) is 0 Å². The highest BCUT2D eigenvalue weighted by atomic mass is 32.2. The van der Waals surface area contributed by atoms with Crippen molar-refractivity contribution in [3.63, 3.8) is 0 Å². The van der Waals surface area contributed by atoms with Crippen LogP contribution in [0.15, 0.2) is 30.3 Å². The van der Waals surface area contributed by atoms with Crippen LogP contribution < -0.4 is 4.72 Å². The van der Waals surface area contributed by atoms with Crippen LogP contribution in [0.1, 0.15) is 51.0 Å². The van der Waals surface area contributed by atoms with Crippen LogP contribution in [0.5, 0.6) is 0 Å². The van der Waals surface area contributed by atoms with Gasteiger partial charge in [-0.05, 0) is 24.8 Å². The molecule has 25 heavy (non-hydrogen) atoms. The first-order chi connectivity index (χ1) is 12.0. The topological polar surface area (TPSA) is 66.5 Å². The van der Waals surface area contributed by atoms with Crippen molar-refractivity contribution in [2.75, 3.05) is 18.8 Å². The summed E-state index contributed by atoms with van der Waals surface area (Å²) in [7, 11) is -3.33. The fourth-order valence-electron chi connectivity index (χ4n) is 3.46. The summed E-state index contributed by atoms with van der Waals surface area (Å²) in [5.74, 6) is 0.107. The normalized spacial score (nSPS) is 16.4. The molecule has 1 aromatic carbocycles. The summed E-state index contributed by atoms with van der Waals surface area (Å²) in [6, 6.07) is 9.85. The van der Waals surface area contributed by atoms with E-state index in [4.69, 9.17) is 0 Å². The second-order valence-electron chi connectivity index (χ2n) is 6.81. The van der Waals surface area contributed by atoms with Gasteiger partial charge in [-0.3, -0.25) is 4.79 Å². The molecule has 0 bridgehead atoms. The lowest BCUT2D eigenvalue weighted by Gasteiger charge is -2.30. The van der Waals surface area contributed by atoms with E-state index >= 15 is 0 Å². The summed E-state index contributed by atoms with van der Waals surface area (Å²) in [5.41, 5.74) is 1.01. The molecule has 0 aliphatic heterocycles. The highest BCUT2D eigenvalue weighted by Crippen LogP contribution is 2.21. The Morgan fingerprint density at radius 1 is 1.12 bits per heavy atom. The molecule has 1 saturated carbocycles. The minimum absolute atomic E-state index is 0.0374. The summed E-state index contributed by atoms with van der Waals surface area (Å²) in [6.07, 6.45) is 7.31. The summed E-state index contributed by atoms with van der Waals surface area (Å²) >= 11 is 0. The van der Waals surface area contributed by atoms with Gasteiger partial charge in [0.05, 0.1) is 5.75 Å². The number of hydrogen-bond donors (Lipinski definition) is 1. The Kier molecular flexibility index (Phi) is 7.90. The van der Waals surface area contributed by atoms with Crippen LogP contribution in [0.2, 0.25) is 0 Å². The molecule has 2 rings (SSSR count). The van der Waals surface area contributed by atoms with Crippen molar-refractivity contribution < 1.29 is 13.2 Å². The average Bonchev–Trinajstić information content (AvgIpc) is 2.87. The zero-order valence-electron chi connectivity index (χ0n) is 15.1. The maximum Gasteiger partial charge on any atom is 0.219 e. The highest BCUT2D eigenvalue weighted by molar-refractivity contribution is 7.89. The van der Waals surface area contributed by atoms with Gasteiger partial charge >= 0.3 is 0 Å². The lowest BCUT2D eigenvalue weighted by Crippen LogP contribution is -2.44. The fourth-order valence-corrected chi connectivity index (χ4v) is 4.51. The molecule has 0 spiro atoms. The third kappa shape index (κ3) is 7.16. The molecule has 5 nitrogen and oxygen atoms in total. The molecule has 1 aliphatic rings. The van der Waals surface area contributed by atoms with E-state index in [1.165, 1.54) is 12.8 Å². The van der Waals surface area contributed by atoms with Crippen LogP contribution >= 0.6 is 0 Å². The third-order valence-corrected chi connectivity index (χ3v) is 6.23. The van der Waals surface area contributed by atoms with Gasteiger partial charge in [0, 0.05) is 26.1 Å². The number of carbonyl (C=O) groups is 1. The van der Waals surface area contributed by atoms with Crippen molar-refractivity contribution in [2.45, 2.75) is 57.9 Å². The minimum Gasteiger partial charge on any atom is -0.339 e. The molecular weight excluding hydrogens is 336 g/mol. The van der Waals surface area contributed by atoms with Crippen molar-refractivity contribution in [3.8, 4) is 0 Å². The Morgan fingerprint density at radius 3 is 2.36 bits per heavy atom. The lowest BCUT2D eigenvalue weighted by atomic mass is 10.1. The second-order valence-corrected chi connectivity index (χ2v) is 8.73. The molecule has 6 heteroatoms. The minimum atomic E-state index is -3.33. The van der Waals surface area contributed by atoms with E-state index in [9.17, 15) is 13.2 Å². The summed E-state index contributed by atoms with van der Waals surface area (Å²) in [6.45, 7) is 2.31. The molecule has 1 aliphatic carbocycles. The Hall–Kier alpha value is -1.40. The van der Waals surface area contributed by atoms with Crippen LogP contribution in [-0.2, 0) is 21.2 Å². The Morgan fingerprint density at radius 2 is 1.76 bits per heavy atom. The van der Waals surface area contributed by atoms with Crippen LogP contribution in [0.4, 0.5) is 0 Å². The smallest absolute Gasteiger partial charge is 0.219 e. The summed E-state index contributed by atoms with van der Waals surface area (Å²) in [5, 5.41) is 0. The van der Waals surface area contributed by atoms with Gasteiger partial charge in [-0.1, -0.05) is 56.0 Å². The zero-order chi connectivity index (χ0) is 18.1. The number of aryl methyl sites for hydroxylation is 1. The Bertz CT molecular complexity index is 623. The van der Waals surface area contributed by atoms with E-state index < -0.39 is 10.0 Å². The van der Waals surface area contributed by atoms with Crippen LogP contribution in [0.25, 0.3) is 0 Å². The first-order valence-corrected chi connectivity index (χ1v) is 10.9. The second kappa shape index (κ2) is 9.92. The van der Waals surface area contributed by atoms with Gasteiger partial charge in [0.1, 0.15) is 0 Å². The maximum atomic E-state index is 12.2. The molecule has 0 radical (unpaired) electrons.